The standard InChI is InChI=1S/C11H13ClN6OS/c12-8-5-7(1-2-9(8)13)20-4-3-18-6-10(16-17-18)11(19)15-14/h1-2,5-6H,3-4,13-14H2,(H,15,19). The highest BCUT2D eigenvalue weighted by molar-refractivity contribution is 7.99. The van der Waals surface area contributed by atoms with E-state index in [4.69, 9.17) is 23.2 Å². The predicted molar refractivity (Wildman–Crippen MR) is 78.3 cm³/mol. The fourth-order valence-electron chi connectivity index (χ4n) is 1.44. The van der Waals surface area contributed by atoms with Crippen molar-refractivity contribution in [2.45, 2.75) is 11.4 Å². The highest BCUT2D eigenvalue weighted by atomic mass is 35.5. The minimum absolute atomic E-state index is 0.188. The number of hydrogen-bond donors (Lipinski definition) is 3. The van der Waals surface area contributed by atoms with E-state index in [9.17, 15) is 4.79 Å². The van der Waals surface area contributed by atoms with E-state index in [1.54, 1.807) is 28.7 Å². The van der Waals surface area contributed by atoms with E-state index in [0.29, 0.717) is 17.3 Å². The fourth-order valence-corrected chi connectivity index (χ4v) is 2.57. The highest BCUT2D eigenvalue weighted by Gasteiger charge is 2.08. The van der Waals surface area contributed by atoms with E-state index in [1.807, 2.05) is 17.6 Å². The molecule has 1 aromatic heterocycles. The van der Waals surface area contributed by atoms with Crippen molar-refractivity contribution in [3.05, 3.63) is 35.1 Å². The van der Waals surface area contributed by atoms with Crippen molar-refractivity contribution in [3.63, 3.8) is 0 Å². The van der Waals surface area contributed by atoms with Gasteiger partial charge in [-0.05, 0) is 18.2 Å². The molecule has 0 aliphatic carbocycles. The maximum absolute atomic E-state index is 11.2. The topological polar surface area (TPSA) is 112 Å². The number of amides is 1. The van der Waals surface area contributed by atoms with E-state index < -0.39 is 5.91 Å². The molecule has 7 nitrogen and oxygen atoms in total. The lowest BCUT2D eigenvalue weighted by Crippen LogP contribution is -2.30. The third kappa shape index (κ3) is 3.62. The highest BCUT2D eigenvalue weighted by Crippen LogP contribution is 2.26. The van der Waals surface area contributed by atoms with Crippen LogP contribution in [-0.4, -0.2) is 26.7 Å². The summed E-state index contributed by atoms with van der Waals surface area (Å²) in [6.07, 6.45) is 1.54. The first-order chi connectivity index (χ1) is 9.60. The van der Waals surface area contributed by atoms with Gasteiger partial charge in [-0.1, -0.05) is 16.8 Å². The molecule has 0 saturated carbocycles. The number of hydrogen-bond acceptors (Lipinski definition) is 6. The van der Waals surface area contributed by atoms with Crippen molar-refractivity contribution in [2.24, 2.45) is 5.84 Å². The van der Waals surface area contributed by atoms with Gasteiger partial charge in [-0.3, -0.25) is 14.9 Å². The van der Waals surface area contributed by atoms with Crippen molar-refractivity contribution >= 4 is 35.0 Å². The van der Waals surface area contributed by atoms with Gasteiger partial charge in [0.15, 0.2) is 5.69 Å². The average molecular weight is 313 g/mol. The molecule has 0 fully saturated rings. The molecule has 2 aromatic rings. The molecular weight excluding hydrogens is 300 g/mol. The van der Waals surface area contributed by atoms with Gasteiger partial charge in [0.25, 0.3) is 5.91 Å². The number of nitrogens with zero attached hydrogens (tertiary/aromatic N) is 3. The smallest absolute Gasteiger partial charge is 0.287 e. The summed E-state index contributed by atoms with van der Waals surface area (Å²) in [6.45, 7) is 0.609. The fraction of sp³-hybridized carbons (Fsp3) is 0.182. The van der Waals surface area contributed by atoms with Crippen LogP contribution in [0.4, 0.5) is 5.69 Å². The van der Waals surface area contributed by atoms with Gasteiger partial charge in [0.05, 0.1) is 23.5 Å². The number of nitrogen functional groups attached to an aromatic ring is 2. The number of benzene rings is 1. The molecule has 0 atom stereocenters. The second-order valence-electron chi connectivity index (χ2n) is 3.87. The minimum Gasteiger partial charge on any atom is -0.398 e. The summed E-state index contributed by atoms with van der Waals surface area (Å²) in [6, 6.07) is 5.49. The number of rotatable bonds is 5. The molecule has 0 aliphatic heterocycles. The number of carbonyl (C=O) groups excluding carboxylic acids is 1. The Bertz CT molecular complexity index is 617. The first kappa shape index (κ1) is 14.6. The van der Waals surface area contributed by atoms with Gasteiger partial charge >= 0.3 is 0 Å². The summed E-state index contributed by atoms with van der Waals surface area (Å²) < 4.78 is 1.58. The van der Waals surface area contributed by atoms with E-state index in [-0.39, 0.29) is 5.69 Å². The van der Waals surface area contributed by atoms with Crippen LogP contribution in [0.2, 0.25) is 5.02 Å². The zero-order valence-electron chi connectivity index (χ0n) is 10.4. The summed E-state index contributed by atoms with van der Waals surface area (Å²) in [5.74, 6) is 5.31. The number of halogens is 1. The van der Waals surface area contributed by atoms with Gasteiger partial charge in [0.1, 0.15) is 0 Å². The van der Waals surface area contributed by atoms with Crippen LogP contribution in [0.5, 0.6) is 0 Å². The SMILES string of the molecule is NNC(=O)c1cn(CCSc2ccc(N)c(Cl)c2)nn1. The lowest BCUT2D eigenvalue weighted by molar-refractivity contribution is 0.0948. The number of aryl methyl sites for hydroxylation is 1. The largest absolute Gasteiger partial charge is 0.398 e. The van der Waals surface area contributed by atoms with Crippen LogP contribution < -0.4 is 17.0 Å². The van der Waals surface area contributed by atoms with Crippen molar-refractivity contribution < 1.29 is 4.79 Å². The monoisotopic (exact) mass is 312 g/mol. The molecule has 5 N–H and O–H groups in total. The van der Waals surface area contributed by atoms with Gasteiger partial charge in [0, 0.05) is 10.6 Å². The Labute approximate surface area is 124 Å². The van der Waals surface area contributed by atoms with Crippen LogP contribution in [0.15, 0.2) is 29.3 Å². The normalized spacial score (nSPS) is 10.5. The van der Waals surface area contributed by atoms with E-state index >= 15 is 0 Å². The molecule has 106 valence electrons. The second kappa shape index (κ2) is 6.60. The van der Waals surface area contributed by atoms with Gasteiger partial charge in [-0.15, -0.1) is 16.9 Å². The summed E-state index contributed by atoms with van der Waals surface area (Å²) in [5.41, 5.74) is 8.39. The maximum Gasteiger partial charge on any atom is 0.287 e. The van der Waals surface area contributed by atoms with Gasteiger partial charge in [0.2, 0.25) is 0 Å². The first-order valence-electron chi connectivity index (χ1n) is 5.69. The van der Waals surface area contributed by atoms with Crippen LogP contribution in [0.1, 0.15) is 10.5 Å². The Morgan fingerprint density at radius 1 is 1.50 bits per heavy atom. The van der Waals surface area contributed by atoms with Crippen molar-refractivity contribution in [1.82, 2.24) is 20.4 Å². The molecule has 0 bridgehead atoms. The van der Waals surface area contributed by atoms with Crippen LogP contribution in [0.25, 0.3) is 0 Å². The summed E-state index contributed by atoms with van der Waals surface area (Å²) in [4.78, 5) is 12.2. The molecule has 1 heterocycles. The molecule has 0 spiro atoms. The number of nitrogens with one attached hydrogen (secondary N) is 1. The molecule has 9 heteroatoms. The summed E-state index contributed by atoms with van der Waals surface area (Å²) in [5, 5.41) is 8.09. The van der Waals surface area contributed by atoms with Gasteiger partial charge < -0.3 is 5.73 Å². The average Bonchev–Trinajstić information content (AvgIpc) is 2.91. The van der Waals surface area contributed by atoms with Crippen LogP contribution in [0.3, 0.4) is 0 Å². The number of aromatic nitrogens is 3. The van der Waals surface area contributed by atoms with Crippen LogP contribution in [0, 0.1) is 0 Å². The lowest BCUT2D eigenvalue weighted by Gasteiger charge is -2.03. The van der Waals surface area contributed by atoms with Gasteiger partial charge in [-0.25, -0.2) is 5.84 Å². The third-order valence-corrected chi connectivity index (χ3v) is 3.76. The molecule has 20 heavy (non-hydrogen) atoms. The Balaban J connectivity index is 1.88. The predicted octanol–water partition coefficient (Wildman–Crippen LogP) is 0.909. The Morgan fingerprint density at radius 2 is 2.30 bits per heavy atom. The first-order valence-corrected chi connectivity index (χ1v) is 7.05. The zero-order valence-corrected chi connectivity index (χ0v) is 12.0. The van der Waals surface area contributed by atoms with Crippen LogP contribution in [-0.2, 0) is 6.54 Å². The van der Waals surface area contributed by atoms with E-state index in [0.717, 1.165) is 10.6 Å². The molecule has 0 unspecified atom stereocenters. The number of hydrazine groups is 1. The molecule has 0 saturated heterocycles. The molecule has 0 aliphatic rings. The van der Waals surface area contributed by atoms with Gasteiger partial charge in [-0.2, -0.15) is 0 Å². The van der Waals surface area contributed by atoms with E-state index in [2.05, 4.69) is 10.3 Å². The molecular formula is C11H13ClN6OS. The number of nitrogens with two attached hydrogens (primary N) is 2. The Morgan fingerprint density at radius 3 is 3.00 bits per heavy atom. The molecule has 0 radical (unpaired) electrons. The number of thioether (sulfide) groups is 1. The van der Waals surface area contributed by atoms with Crippen LogP contribution >= 0.6 is 23.4 Å². The Hall–Kier alpha value is -1.77. The summed E-state index contributed by atoms with van der Waals surface area (Å²) >= 11 is 7.55. The maximum atomic E-state index is 11.2. The molecule has 1 aromatic carbocycles. The van der Waals surface area contributed by atoms with Crippen molar-refractivity contribution in [2.75, 3.05) is 11.5 Å². The number of carbonyl (C=O) groups is 1. The zero-order chi connectivity index (χ0) is 14.5. The second-order valence-corrected chi connectivity index (χ2v) is 5.45. The quantitative estimate of drug-likeness (QED) is 0.249. The minimum atomic E-state index is -0.464. The summed E-state index contributed by atoms with van der Waals surface area (Å²) in [7, 11) is 0. The van der Waals surface area contributed by atoms with Crippen molar-refractivity contribution in [1.29, 1.82) is 0 Å². The van der Waals surface area contributed by atoms with E-state index in [1.165, 1.54) is 0 Å². The Kier molecular flexibility index (Phi) is 4.83. The number of anilines is 1. The third-order valence-electron chi connectivity index (χ3n) is 2.46. The molecule has 2 rings (SSSR count). The van der Waals surface area contributed by atoms with Crippen molar-refractivity contribution in [3.8, 4) is 0 Å². The molecule has 1 amide bonds. The lowest BCUT2D eigenvalue weighted by atomic mass is 10.3.